The first kappa shape index (κ1) is 13.8. The van der Waals surface area contributed by atoms with Crippen LogP contribution >= 0.6 is 0 Å². The summed E-state index contributed by atoms with van der Waals surface area (Å²) in [4.78, 5) is 11.2. The van der Waals surface area contributed by atoms with Crippen LogP contribution in [0, 0.1) is 0 Å². The van der Waals surface area contributed by atoms with Gasteiger partial charge in [-0.3, -0.25) is 0 Å². The van der Waals surface area contributed by atoms with Crippen LogP contribution in [0.1, 0.15) is 40.0 Å². The summed E-state index contributed by atoms with van der Waals surface area (Å²) in [6.07, 6.45) is 1.80. The average Bonchev–Trinajstić information content (AvgIpc) is 1.99. The highest BCUT2D eigenvalue weighted by Crippen LogP contribution is 2.06. The van der Waals surface area contributed by atoms with Crippen molar-refractivity contribution in [2.75, 3.05) is 6.54 Å². The maximum absolute atomic E-state index is 11.2. The molecule has 0 aromatic rings. The third kappa shape index (κ3) is 10.7. The standard InChI is InChI=1S/C11H21NO3/c1-9(13)7-5-6-8-12-10(14)15-11(2,3)4/h13H,1,5-8H2,2-4H3,(H,12,14). The molecule has 0 spiro atoms. The van der Waals surface area contributed by atoms with Crippen molar-refractivity contribution >= 4 is 6.09 Å². The lowest BCUT2D eigenvalue weighted by Gasteiger charge is -2.19. The molecule has 0 atom stereocenters. The van der Waals surface area contributed by atoms with Gasteiger partial charge in [-0.25, -0.2) is 4.79 Å². The first-order chi connectivity index (χ1) is 6.81. The molecular formula is C11H21NO3. The normalized spacial score (nSPS) is 10.9. The Morgan fingerprint density at radius 3 is 2.47 bits per heavy atom. The zero-order valence-corrected chi connectivity index (χ0v) is 9.80. The Morgan fingerprint density at radius 1 is 1.40 bits per heavy atom. The van der Waals surface area contributed by atoms with Gasteiger partial charge >= 0.3 is 6.09 Å². The summed E-state index contributed by atoms with van der Waals surface area (Å²) < 4.78 is 5.05. The molecule has 88 valence electrons. The number of allylic oxidation sites excluding steroid dienone is 1. The molecule has 0 heterocycles. The number of aliphatic hydroxyl groups is 1. The number of unbranched alkanes of at least 4 members (excludes halogenated alkanes) is 1. The first-order valence-electron chi connectivity index (χ1n) is 5.15. The minimum Gasteiger partial charge on any atom is -0.513 e. The molecule has 0 radical (unpaired) electrons. The summed E-state index contributed by atoms with van der Waals surface area (Å²) in [5.41, 5.74) is -0.455. The lowest BCUT2D eigenvalue weighted by atomic mass is 10.2. The van der Waals surface area contributed by atoms with Crippen LogP contribution in [0.3, 0.4) is 0 Å². The summed E-state index contributed by atoms with van der Waals surface area (Å²) in [6, 6.07) is 0. The predicted molar refractivity (Wildman–Crippen MR) is 59.9 cm³/mol. The molecule has 2 N–H and O–H groups in total. The Bertz CT molecular complexity index is 218. The van der Waals surface area contributed by atoms with E-state index in [1.54, 1.807) is 0 Å². The molecule has 0 aromatic heterocycles. The highest BCUT2D eigenvalue weighted by Gasteiger charge is 2.15. The van der Waals surface area contributed by atoms with E-state index in [2.05, 4.69) is 11.9 Å². The van der Waals surface area contributed by atoms with E-state index in [9.17, 15) is 4.79 Å². The SMILES string of the molecule is C=C(O)CCCCNC(=O)OC(C)(C)C. The molecule has 0 fully saturated rings. The van der Waals surface area contributed by atoms with Crippen molar-refractivity contribution in [2.45, 2.75) is 45.6 Å². The summed E-state index contributed by atoms with van der Waals surface area (Å²) in [5.74, 6) is 0.187. The Balaban J connectivity index is 3.44. The molecule has 0 saturated carbocycles. The largest absolute Gasteiger partial charge is 0.513 e. The average molecular weight is 215 g/mol. The summed E-state index contributed by atoms with van der Waals surface area (Å²) >= 11 is 0. The van der Waals surface area contributed by atoms with Crippen LogP contribution in [-0.4, -0.2) is 23.3 Å². The van der Waals surface area contributed by atoms with Crippen molar-refractivity contribution in [3.05, 3.63) is 12.3 Å². The fourth-order valence-electron chi connectivity index (χ4n) is 0.959. The molecule has 0 bridgehead atoms. The van der Waals surface area contributed by atoms with Crippen molar-refractivity contribution in [1.29, 1.82) is 0 Å². The van der Waals surface area contributed by atoms with Gasteiger partial charge in [0.1, 0.15) is 5.60 Å². The lowest BCUT2D eigenvalue weighted by Crippen LogP contribution is -2.32. The fraction of sp³-hybridized carbons (Fsp3) is 0.727. The van der Waals surface area contributed by atoms with Gasteiger partial charge in [0.2, 0.25) is 0 Å². The van der Waals surface area contributed by atoms with Crippen LogP contribution < -0.4 is 5.32 Å². The number of aliphatic hydroxyl groups excluding tert-OH is 1. The van der Waals surface area contributed by atoms with E-state index in [0.29, 0.717) is 13.0 Å². The van der Waals surface area contributed by atoms with Gasteiger partial charge in [-0.1, -0.05) is 6.58 Å². The van der Waals surface area contributed by atoms with Gasteiger partial charge in [-0.05, 0) is 33.6 Å². The summed E-state index contributed by atoms with van der Waals surface area (Å²) in [6.45, 7) is 9.40. The molecule has 0 saturated heterocycles. The van der Waals surface area contributed by atoms with Gasteiger partial charge in [-0.2, -0.15) is 0 Å². The van der Waals surface area contributed by atoms with Gasteiger partial charge in [0, 0.05) is 13.0 Å². The van der Waals surface area contributed by atoms with Crippen molar-refractivity contribution < 1.29 is 14.6 Å². The molecule has 0 aliphatic heterocycles. The number of nitrogens with one attached hydrogen (secondary N) is 1. The van der Waals surface area contributed by atoms with E-state index in [4.69, 9.17) is 9.84 Å². The zero-order valence-electron chi connectivity index (χ0n) is 9.80. The number of hydrogen-bond donors (Lipinski definition) is 2. The molecule has 0 aliphatic carbocycles. The van der Waals surface area contributed by atoms with Crippen LogP contribution in [0.25, 0.3) is 0 Å². The molecule has 0 aliphatic rings. The number of rotatable bonds is 5. The second-order valence-electron chi connectivity index (χ2n) is 4.45. The number of carbonyl (C=O) groups excluding carboxylic acids is 1. The quantitative estimate of drug-likeness (QED) is 0.547. The molecule has 0 unspecified atom stereocenters. The highest BCUT2D eigenvalue weighted by molar-refractivity contribution is 5.67. The monoisotopic (exact) mass is 215 g/mol. The van der Waals surface area contributed by atoms with Crippen LogP contribution in [0.5, 0.6) is 0 Å². The lowest BCUT2D eigenvalue weighted by molar-refractivity contribution is 0.0527. The van der Waals surface area contributed by atoms with E-state index >= 15 is 0 Å². The van der Waals surface area contributed by atoms with E-state index in [-0.39, 0.29) is 5.76 Å². The second-order valence-corrected chi connectivity index (χ2v) is 4.45. The van der Waals surface area contributed by atoms with E-state index in [1.165, 1.54) is 0 Å². The molecule has 0 aromatic carbocycles. The van der Waals surface area contributed by atoms with Crippen LogP contribution in [0.2, 0.25) is 0 Å². The third-order valence-corrected chi connectivity index (χ3v) is 1.56. The van der Waals surface area contributed by atoms with Gasteiger partial charge in [0.15, 0.2) is 0 Å². The topological polar surface area (TPSA) is 58.6 Å². The minimum atomic E-state index is -0.455. The number of ether oxygens (including phenoxy) is 1. The molecule has 4 nitrogen and oxygen atoms in total. The smallest absolute Gasteiger partial charge is 0.407 e. The number of alkyl carbamates (subject to hydrolysis) is 1. The van der Waals surface area contributed by atoms with Gasteiger partial charge in [0.05, 0.1) is 5.76 Å². The molecule has 1 amide bonds. The van der Waals surface area contributed by atoms with Gasteiger partial charge < -0.3 is 15.2 Å². The van der Waals surface area contributed by atoms with Gasteiger partial charge in [0.25, 0.3) is 0 Å². The summed E-state index contributed by atoms with van der Waals surface area (Å²) in [5, 5.41) is 11.4. The second kappa shape index (κ2) is 6.32. The minimum absolute atomic E-state index is 0.187. The Kier molecular flexibility index (Phi) is 5.82. The van der Waals surface area contributed by atoms with Crippen molar-refractivity contribution in [3.63, 3.8) is 0 Å². The maximum atomic E-state index is 11.2. The summed E-state index contributed by atoms with van der Waals surface area (Å²) in [7, 11) is 0. The van der Waals surface area contributed by atoms with Crippen LogP contribution in [-0.2, 0) is 4.74 Å². The molecule has 4 heteroatoms. The van der Waals surface area contributed by atoms with Crippen molar-refractivity contribution in [2.24, 2.45) is 0 Å². The Morgan fingerprint density at radius 2 is 2.00 bits per heavy atom. The van der Waals surface area contributed by atoms with E-state index < -0.39 is 11.7 Å². The molecule has 15 heavy (non-hydrogen) atoms. The zero-order chi connectivity index (χ0) is 11.9. The van der Waals surface area contributed by atoms with E-state index in [1.807, 2.05) is 20.8 Å². The number of amides is 1. The van der Waals surface area contributed by atoms with Crippen LogP contribution in [0.4, 0.5) is 4.79 Å². The molecular weight excluding hydrogens is 194 g/mol. The highest BCUT2D eigenvalue weighted by atomic mass is 16.6. The van der Waals surface area contributed by atoms with E-state index in [0.717, 1.165) is 12.8 Å². The Labute approximate surface area is 91.3 Å². The number of hydrogen-bond acceptors (Lipinski definition) is 3. The Hall–Kier alpha value is -1.19. The van der Waals surface area contributed by atoms with Crippen molar-refractivity contribution in [3.8, 4) is 0 Å². The molecule has 0 rings (SSSR count). The predicted octanol–water partition coefficient (Wildman–Crippen LogP) is 2.75. The fourth-order valence-corrected chi connectivity index (χ4v) is 0.959. The maximum Gasteiger partial charge on any atom is 0.407 e. The third-order valence-electron chi connectivity index (χ3n) is 1.56. The van der Waals surface area contributed by atoms with Crippen LogP contribution in [0.15, 0.2) is 12.3 Å². The first-order valence-corrected chi connectivity index (χ1v) is 5.15. The van der Waals surface area contributed by atoms with Gasteiger partial charge in [-0.15, -0.1) is 0 Å². The number of carbonyl (C=O) groups is 1. The van der Waals surface area contributed by atoms with Crippen molar-refractivity contribution in [1.82, 2.24) is 5.32 Å².